The first-order valence-corrected chi connectivity index (χ1v) is 8.81. The second kappa shape index (κ2) is 6.80. The minimum Gasteiger partial charge on any atom is -0.376 e. The molecule has 6 nitrogen and oxygen atoms in total. The highest BCUT2D eigenvalue weighted by atomic mass is 16.5. The van der Waals surface area contributed by atoms with Crippen LogP contribution in [0.15, 0.2) is 36.7 Å². The average molecular weight is 338 g/mol. The van der Waals surface area contributed by atoms with Gasteiger partial charge in [0.25, 0.3) is 5.91 Å². The summed E-state index contributed by atoms with van der Waals surface area (Å²) in [5.41, 5.74) is 2.54. The smallest absolute Gasteiger partial charge is 0.278 e. The van der Waals surface area contributed by atoms with Crippen LogP contribution in [0.1, 0.15) is 35.8 Å². The van der Waals surface area contributed by atoms with E-state index in [1.165, 1.54) is 5.56 Å². The van der Waals surface area contributed by atoms with E-state index in [2.05, 4.69) is 28.3 Å². The van der Waals surface area contributed by atoms with Crippen molar-refractivity contribution >= 4 is 17.4 Å². The largest absolute Gasteiger partial charge is 0.376 e. The quantitative estimate of drug-likeness (QED) is 0.928. The number of carbonyl (C=O) groups excluding carboxylic acids is 1. The summed E-state index contributed by atoms with van der Waals surface area (Å²) >= 11 is 0. The van der Waals surface area contributed by atoms with Gasteiger partial charge in [-0.15, -0.1) is 0 Å². The molecule has 0 radical (unpaired) electrons. The van der Waals surface area contributed by atoms with Gasteiger partial charge in [-0.2, -0.15) is 0 Å². The Bertz CT molecular complexity index is 756. The number of nitrogens with one attached hydrogen (secondary N) is 1. The van der Waals surface area contributed by atoms with Gasteiger partial charge in [0, 0.05) is 24.9 Å². The second-order valence-electron chi connectivity index (χ2n) is 6.66. The number of hydrogen-bond acceptors (Lipinski definition) is 5. The monoisotopic (exact) mass is 338 g/mol. The summed E-state index contributed by atoms with van der Waals surface area (Å²) in [4.78, 5) is 23.4. The molecule has 25 heavy (non-hydrogen) atoms. The number of rotatable bonds is 4. The van der Waals surface area contributed by atoms with Gasteiger partial charge in [0.2, 0.25) is 0 Å². The normalized spacial score (nSPS) is 22.0. The molecule has 1 N–H and O–H groups in total. The van der Waals surface area contributed by atoms with Crippen LogP contribution in [0.2, 0.25) is 0 Å². The molecule has 2 unspecified atom stereocenters. The zero-order valence-electron chi connectivity index (χ0n) is 14.3. The zero-order valence-corrected chi connectivity index (χ0v) is 14.3. The van der Waals surface area contributed by atoms with Gasteiger partial charge in [0.15, 0.2) is 0 Å². The fourth-order valence-corrected chi connectivity index (χ4v) is 3.55. The number of anilines is 2. The molecular weight excluding hydrogens is 316 g/mol. The molecule has 1 aromatic heterocycles. The van der Waals surface area contributed by atoms with Crippen molar-refractivity contribution < 1.29 is 9.53 Å². The van der Waals surface area contributed by atoms with Gasteiger partial charge < -0.3 is 15.0 Å². The molecule has 2 atom stereocenters. The molecule has 1 saturated heterocycles. The van der Waals surface area contributed by atoms with Crippen molar-refractivity contribution in [3.8, 4) is 0 Å². The zero-order chi connectivity index (χ0) is 17.2. The fourth-order valence-electron chi connectivity index (χ4n) is 3.55. The number of amides is 1. The van der Waals surface area contributed by atoms with Gasteiger partial charge in [-0.3, -0.25) is 4.79 Å². The van der Waals surface area contributed by atoms with Crippen molar-refractivity contribution in [3.05, 3.63) is 47.9 Å². The number of para-hydroxylation sites is 1. The maximum Gasteiger partial charge on any atom is 0.278 e. The van der Waals surface area contributed by atoms with Crippen LogP contribution in [0.3, 0.4) is 0 Å². The lowest BCUT2D eigenvalue weighted by molar-refractivity contribution is 0.0976. The molecule has 130 valence electrons. The van der Waals surface area contributed by atoms with Crippen LogP contribution in [-0.4, -0.2) is 41.2 Å². The molecule has 0 saturated carbocycles. The molecule has 6 heteroatoms. The number of carbonyl (C=O) groups is 1. The third-order valence-corrected chi connectivity index (χ3v) is 4.83. The Labute approximate surface area is 147 Å². The topological polar surface area (TPSA) is 67.4 Å². The van der Waals surface area contributed by atoms with Gasteiger partial charge in [0.1, 0.15) is 11.5 Å². The molecule has 1 aromatic carbocycles. The summed E-state index contributed by atoms with van der Waals surface area (Å²) in [6.45, 7) is 3.61. The summed E-state index contributed by atoms with van der Waals surface area (Å²) < 4.78 is 5.58. The van der Waals surface area contributed by atoms with Crippen molar-refractivity contribution in [2.24, 2.45) is 0 Å². The number of aromatic nitrogens is 2. The predicted molar refractivity (Wildman–Crippen MR) is 95.9 cm³/mol. The molecule has 2 aliphatic heterocycles. The van der Waals surface area contributed by atoms with E-state index in [1.807, 2.05) is 23.1 Å². The lowest BCUT2D eigenvalue weighted by atomic mass is 10.1. The number of ether oxygens (including phenoxy) is 1. The van der Waals surface area contributed by atoms with Crippen LogP contribution in [0.5, 0.6) is 0 Å². The highest BCUT2D eigenvalue weighted by Gasteiger charge is 2.31. The molecule has 4 rings (SSSR count). The third-order valence-electron chi connectivity index (χ3n) is 4.83. The molecule has 0 aliphatic carbocycles. The summed E-state index contributed by atoms with van der Waals surface area (Å²) in [6, 6.07) is 8.16. The second-order valence-corrected chi connectivity index (χ2v) is 6.66. The van der Waals surface area contributed by atoms with Crippen LogP contribution in [0.4, 0.5) is 11.5 Å². The van der Waals surface area contributed by atoms with Gasteiger partial charge in [-0.1, -0.05) is 18.2 Å². The summed E-state index contributed by atoms with van der Waals surface area (Å²) in [6.07, 6.45) is 6.47. The lowest BCUT2D eigenvalue weighted by Gasteiger charge is -2.22. The number of nitrogens with zero attached hydrogens (tertiary/aromatic N) is 3. The third kappa shape index (κ3) is 3.22. The molecule has 1 amide bonds. The van der Waals surface area contributed by atoms with Crippen LogP contribution in [-0.2, 0) is 11.2 Å². The van der Waals surface area contributed by atoms with Gasteiger partial charge in [-0.05, 0) is 37.8 Å². The SMILES string of the molecule is CC1Cc2ccccc2N1C(=O)c1cnc(NCC2CCCO2)cn1. The maximum atomic E-state index is 12.9. The minimum atomic E-state index is -0.101. The van der Waals surface area contributed by atoms with E-state index in [0.717, 1.165) is 38.1 Å². The molecule has 2 aromatic rings. The van der Waals surface area contributed by atoms with Crippen LogP contribution in [0.25, 0.3) is 0 Å². The van der Waals surface area contributed by atoms with Crippen molar-refractivity contribution in [2.75, 3.05) is 23.4 Å². The maximum absolute atomic E-state index is 12.9. The Morgan fingerprint density at radius 1 is 1.32 bits per heavy atom. The first-order chi connectivity index (χ1) is 12.2. The van der Waals surface area contributed by atoms with Gasteiger partial charge in [0.05, 0.1) is 18.5 Å². The Kier molecular flexibility index (Phi) is 4.36. The van der Waals surface area contributed by atoms with E-state index < -0.39 is 0 Å². The molecule has 0 bridgehead atoms. The van der Waals surface area contributed by atoms with Crippen LogP contribution >= 0.6 is 0 Å². The standard InChI is InChI=1S/C19H22N4O2/c1-13-9-14-5-2-3-7-17(14)23(13)19(24)16-11-22-18(12-20-16)21-10-15-6-4-8-25-15/h2-3,5,7,11-13,15H,4,6,8-10H2,1H3,(H,21,22). The molecule has 3 heterocycles. The summed E-state index contributed by atoms with van der Waals surface area (Å²) in [7, 11) is 0. The predicted octanol–water partition coefficient (Wildman–Crippen LogP) is 2.66. The summed E-state index contributed by atoms with van der Waals surface area (Å²) in [5, 5.41) is 3.22. The number of fused-ring (bicyclic) bond motifs is 1. The minimum absolute atomic E-state index is 0.101. The van der Waals surface area contributed by atoms with E-state index in [9.17, 15) is 4.79 Å². The number of hydrogen-bond donors (Lipinski definition) is 1. The summed E-state index contributed by atoms with van der Waals surface area (Å²) in [5.74, 6) is 0.567. The number of benzene rings is 1. The van der Waals surface area contributed by atoms with Gasteiger partial charge >= 0.3 is 0 Å². The Balaban J connectivity index is 1.45. The fraction of sp³-hybridized carbons (Fsp3) is 0.421. The first-order valence-electron chi connectivity index (χ1n) is 8.81. The van der Waals surface area contributed by atoms with Crippen molar-refractivity contribution in [3.63, 3.8) is 0 Å². The molecule has 0 spiro atoms. The Hall–Kier alpha value is -2.47. The van der Waals surface area contributed by atoms with E-state index in [0.29, 0.717) is 11.5 Å². The highest BCUT2D eigenvalue weighted by molar-refractivity contribution is 6.06. The van der Waals surface area contributed by atoms with E-state index >= 15 is 0 Å². The lowest BCUT2D eigenvalue weighted by Crippen LogP contribution is -2.36. The molecular formula is C19H22N4O2. The Morgan fingerprint density at radius 3 is 2.96 bits per heavy atom. The van der Waals surface area contributed by atoms with E-state index in [4.69, 9.17) is 4.74 Å². The van der Waals surface area contributed by atoms with E-state index in [1.54, 1.807) is 12.4 Å². The van der Waals surface area contributed by atoms with Gasteiger partial charge in [-0.25, -0.2) is 9.97 Å². The first kappa shape index (κ1) is 16.0. The van der Waals surface area contributed by atoms with Crippen LogP contribution < -0.4 is 10.2 Å². The van der Waals surface area contributed by atoms with Crippen molar-refractivity contribution in [1.82, 2.24) is 9.97 Å². The van der Waals surface area contributed by atoms with E-state index in [-0.39, 0.29) is 18.1 Å². The molecule has 1 fully saturated rings. The van der Waals surface area contributed by atoms with Crippen LogP contribution in [0, 0.1) is 0 Å². The molecule has 2 aliphatic rings. The average Bonchev–Trinajstić information content (AvgIpc) is 3.26. The highest BCUT2D eigenvalue weighted by Crippen LogP contribution is 2.32. The Morgan fingerprint density at radius 2 is 2.20 bits per heavy atom. The van der Waals surface area contributed by atoms with Crippen molar-refractivity contribution in [2.45, 2.75) is 38.3 Å². The van der Waals surface area contributed by atoms with Crippen molar-refractivity contribution in [1.29, 1.82) is 0 Å².